The van der Waals surface area contributed by atoms with E-state index in [4.69, 9.17) is 5.73 Å². The largest absolute Gasteiger partial charge is 0.330 e. The summed E-state index contributed by atoms with van der Waals surface area (Å²) in [5.74, 6) is 0. The molecule has 2 N–H and O–H groups in total. The average Bonchev–Trinajstić information content (AvgIpc) is 3.09. The van der Waals surface area contributed by atoms with Gasteiger partial charge in [0.25, 0.3) is 0 Å². The zero-order valence-corrected chi connectivity index (χ0v) is 10.6. The first-order valence-corrected chi connectivity index (χ1v) is 6.43. The number of fused-ring (bicyclic) bond motifs is 1. The molecule has 16 heavy (non-hydrogen) atoms. The standard InChI is InChI=1S/C14H14BrN/c15-11-5-4-10-2-1-3-13(12(10)8-11)14(9-16)6-7-14/h1-5,8H,6-7,9,16H2. The molecule has 0 aliphatic heterocycles. The van der Waals surface area contributed by atoms with E-state index in [1.54, 1.807) is 0 Å². The van der Waals surface area contributed by atoms with E-state index in [2.05, 4.69) is 52.3 Å². The van der Waals surface area contributed by atoms with Crippen molar-refractivity contribution in [3.05, 3.63) is 46.4 Å². The van der Waals surface area contributed by atoms with Crippen LogP contribution in [0.4, 0.5) is 0 Å². The lowest BCUT2D eigenvalue weighted by Crippen LogP contribution is -2.19. The Hall–Kier alpha value is -0.860. The van der Waals surface area contributed by atoms with Crippen LogP contribution in [0.15, 0.2) is 40.9 Å². The summed E-state index contributed by atoms with van der Waals surface area (Å²) < 4.78 is 1.14. The minimum atomic E-state index is 0.264. The summed E-state index contributed by atoms with van der Waals surface area (Å²) in [6, 6.07) is 13.0. The van der Waals surface area contributed by atoms with Crippen LogP contribution in [0, 0.1) is 0 Å². The molecule has 1 aliphatic rings. The Labute approximate surface area is 104 Å². The molecule has 0 atom stereocenters. The number of benzene rings is 2. The normalized spacial score (nSPS) is 17.6. The van der Waals surface area contributed by atoms with Gasteiger partial charge in [0.2, 0.25) is 0 Å². The summed E-state index contributed by atoms with van der Waals surface area (Å²) in [7, 11) is 0. The van der Waals surface area contributed by atoms with E-state index >= 15 is 0 Å². The SMILES string of the molecule is NCC1(c2cccc3ccc(Br)cc23)CC1. The number of nitrogens with two attached hydrogens (primary N) is 1. The van der Waals surface area contributed by atoms with Gasteiger partial charge in [-0.3, -0.25) is 0 Å². The molecular formula is C14H14BrN. The van der Waals surface area contributed by atoms with Crippen molar-refractivity contribution < 1.29 is 0 Å². The van der Waals surface area contributed by atoms with E-state index in [1.807, 2.05) is 0 Å². The number of hydrogen-bond donors (Lipinski definition) is 1. The van der Waals surface area contributed by atoms with E-state index in [0.29, 0.717) is 0 Å². The molecule has 2 heteroatoms. The van der Waals surface area contributed by atoms with Crippen molar-refractivity contribution in [2.24, 2.45) is 5.73 Å². The molecule has 2 aromatic carbocycles. The van der Waals surface area contributed by atoms with Crippen LogP contribution in [0.3, 0.4) is 0 Å². The smallest absolute Gasteiger partial charge is 0.0181 e. The molecule has 2 aromatic rings. The zero-order chi connectivity index (χ0) is 11.2. The van der Waals surface area contributed by atoms with Crippen LogP contribution in [0.2, 0.25) is 0 Å². The van der Waals surface area contributed by atoms with Crippen LogP contribution in [0.25, 0.3) is 10.8 Å². The molecule has 0 bridgehead atoms. The van der Waals surface area contributed by atoms with Crippen molar-refractivity contribution in [2.75, 3.05) is 6.54 Å². The van der Waals surface area contributed by atoms with E-state index in [-0.39, 0.29) is 5.41 Å². The van der Waals surface area contributed by atoms with Crippen molar-refractivity contribution >= 4 is 26.7 Å². The van der Waals surface area contributed by atoms with Crippen LogP contribution >= 0.6 is 15.9 Å². The summed E-state index contributed by atoms with van der Waals surface area (Å²) >= 11 is 3.54. The second-order valence-corrected chi connectivity index (χ2v) is 5.57. The van der Waals surface area contributed by atoms with Crippen LogP contribution in [-0.2, 0) is 5.41 Å². The predicted molar refractivity (Wildman–Crippen MR) is 71.6 cm³/mol. The van der Waals surface area contributed by atoms with Crippen LogP contribution in [-0.4, -0.2) is 6.54 Å². The van der Waals surface area contributed by atoms with Gasteiger partial charge in [0.15, 0.2) is 0 Å². The summed E-state index contributed by atoms with van der Waals surface area (Å²) in [6.07, 6.45) is 2.46. The highest BCUT2D eigenvalue weighted by Gasteiger charge is 2.43. The van der Waals surface area contributed by atoms with Gasteiger partial charge in [0.1, 0.15) is 0 Å². The maximum Gasteiger partial charge on any atom is 0.0181 e. The monoisotopic (exact) mass is 275 g/mol. The van der Waals surface area contributed by atoms with Gasteiger partial charge in [-0.2, -0.15) is 0 Å². The first-order chi connectivity index (χ1) is 7.75. The second kappa shape index (κ2) is 3.57. The van der Waals surface area contributed by atoms with E-state index in [1.165, 1.54) is 29.2 Å². The second-order valence-electron chi connectivity index (χ2n) is 4.66. The molecule has 1 nitrogen and oxygen atoms in total. The highest BCUT2D eigenvalue weighted by molar-refractivity contribution is 9.10. The molecule has 0 amide bonds. The Morgan fingerprint density at radius 1 is 1.19 bits per heavy atom. The van der Waals surface area contributed by atoms with Crippen molar-refractivity contribution in [1.29, 1.82) is 0 Å². The van der Waals surface area contributed by atoms with Crippen LogP contribution < -0.4 is 5.73 Å². The first-order valence-electron chi connectivity index (χ1n) is 5.64. The topological polar surface area (TPSA) is 26.0 Å². The van der Waals surface area contributed by atoms with Gasteiger partial charge in [-0.25, -0.2) is 0 Å². The number of rotatable bonds is 2. The third-order valence-electron chi connectivity index (χ3n) is 3.66. The Bertz CT molecular complexity index is 543. The number of hydrogen-bond acceptors (Lipinski definition) is 1. The van der Waals surface area contributed by atoms with E-state index in [9.17, 15) is 0 Å². The Morgan fingerprint density at radius 3 is 2.69 bits per heavy atom. The van der Waals surface area contributed by atoms with Gasteiger partial charge >= 0.3 is 0 Å². The van der Waals surface area contributed by atoms with E-state index < -0.39 is 0 Å². The minimum absolute atomic E-state index is 0.264. The van der Waals surface area contributed by atoms with Gasteiger partial charge in [0.05, 0.1) is 0 Å². The molecule has 0 heterocycles. The molecule has 1 saturated carbocycles. The first kappa shape index (κ1) is 10.3. The van der Waals surface area contributed by atoms with Gasteiger partial charge in [-0.05, 0) is 41.3 Å². The summed E-state index contributed by atoms with van der Waals surface area (Å²) in [5, 5.41) is 2.65. The summed E-state index contributed by atoms with van der Waals surface area (Å²) in [5.41, 5.74) is 7.61. The van der Waals surface area contributed by atoms with Gasteiger partial charge in [-0.15, -0.1) is 0 Å². The molecule has 0 spiro atoms. The Morgan fingerprint density at radius 2 is 2.00 bits per heavy atom. The van der Waals surface area contributed by atoms with Crippen molar-refractivity contribution in [3.63, 3.8) is 0 Å². The molecule has 0 unspecified atom stereocenters. The van der Waals surface area contributed by atoms with Crippen LogP contribution in [0.5, 0.6) is 0 Å². The highest BCUT2D eigenvalue weighted by atomic mass is 79.9. The quantitative estimate of drug-likeness (QED) is 0.891. The minimum Gasteiger partial charge on any atom is -0.330 e. The maximum atomic E-state index is 5.92. The number of halogens is 1. The van der Waals surface area contributed by atoms with Crippen molar-refractivity contribution in [2.45, 2.75) is 18.3 Å². The molecule has 0 saturated heterocycles. The molecule has 1 fully saturated rings. The average molecular weight is 276 g/mol. The van der Waals surface area contributed by atoms with Gasteiger partial charge < -0.3 is 5.73 Å². The molecule has 1 aliphatic carbocycles. The third-order valence-corrected chi connectivity index (χ3v) is 4.15. The predicted octanol–water partition coefficient (Wildman–Crippen LogP) is 3.59. The fourth-order valence-electron chi connectivity index (χ4n) is 2.44. The van der Waals surface area contributed by atoms with Gasteiger partial charge in [0, 0.05) is 16.4 Å². The lowest BCUT2D eigenvalue weighted by molar-refractivity contribution is 0.711. The molecule has 3 rings (SSSR count). The summed E-state index contributed by atoms with van der Waals surface area (Å²) in [6.45, 7) is 0.763. The van der Waals surface area contributed by atoms with Crippen LogP contribution in [0.1, 0.15) is 18.4 Å². The van der Waals surface area contributed by atoms with Crippen molar-refractivity contribution in [1.82, 2.24) is 0 Å². The van der Waals surface area contributed by atoms with E-state index in [0.717, 1.165) is 11.0 Å². The van der Waals surface area contributed by atoms with Gasteiger partial charge in [-0.1, -0.05) is 40.2 Å². The fourth-order valence-corrected chi connectivity index (χ4v) is 2.80. The lowest BCUT2D eigenvalue weighted by atomic mass is 9.91. The Balaban J connectivity index is 2.28. The molecule has 82 valence electrons. The highest BCUT2D eigenvalue weighted by Crippen LogP contribution is 2.49. The van der Waals surface area contributed by atoms with Crippen molar-refractivity contribution in [3.8, 4) is 0 Å². The molecule has 0 radical (unpaired) electrons. The summed E-state index contributed by atoms with van der Waals surface area (Å²) in [4.78, 5) is 0. The molecule has 0 aromatic heterocycles. The Kier molecular flexibility index (Phi) is 2.30. The molecular weight excluding hydrogens is 262 g/mol. The third kappa shape index (κ3) is 1.48. The lowest BCUT2D eigenvalue weighted by Gasteiger charge is -2.16. The zero-order valence-electron chi connectivity index (χ0n) is 9.04. The fraction of sp³-hybridized carbons (Fsp3) is 0.286. The maximum absolute atomic E-state index is 5.92.